The molecule has 1 aromatic rings. The standard InChI is InChI=1S/C13H15N3O2S/c1-3-9-4-6-10(7-5-9)16-8-11(18-13(16)17)15(2)12(14)19/h3-7,11H,1,8H2,2H3,(H2,14,19)/t11-/m0/s1. The van der Waals surface area contributed by atoms with Gasteiger partial charge in [0.1, 0.15) is 0 Å². The van der Waals surface area contributed by atoms with Crippen molar-refractivity contribution in [1.29, 1.82) is 0 Å². The summed E-state index contributed by atoms with van der Waals surface area (Å²) < 4.78 is 5.23. The Bertz CT molecular complexity index is 515. The maximum Gasteiger partial charge on any atom is 0.416 e. The van der Waals surface area contributed by atoms with Crippen LogP contribution < -0.4 is 10.6 Å². The lowest BCUT2D eigenvalue weighted by Crippen LogP contribution is -2.42. The van der Waals surface area contributed by atoms with Gasteiger partial charge in [-0.1, -0.05) is 24.8 Å². The Kier molecular flexibility index (Phi) is 3.71. The van der Waals surface area contributed by atoms with E-state index in [1.165, 1.54) is 0 Å². The molecule has 6 heteroatoms. The number of nitrogens with zero attached hydrogens (tertiary/aromatic N) is 2. The van der Waals surface area contributed by atoms with Gasteiger partial charge in [0.15, 0.2) is 11.3 Å². The van der Waals surface area contributed by atoms with Crippen molar-refractivity contribution in [2.24, 2.45) is 5.73 Å². The van der Waals surface area contributed by atoms with Gasteiger partial charge in [-0.3, -0.25) is 4.90 Å². The smallest absolute Gasteiger partial charge is 0.416 e. The zero-order valence-corrected chi connectivity index (χ0v) is 11.4. The predicted molar refractivity (Wildman–Crippen MR) is 78.7 cm³/mol. The lowest BCUT2D eigenvalue weighted by atomic mass is 10.2. The van der Waals surface area contributed by atoms with Crippen LogP contribution in [0.4, 0.5) is 10.5 Å². The second-order valence-electron chi connectivity index (χ2n) is 4.19. The third-order valence-electron chi connectivity index (χ3n) is 3.02. The highest BCUT2D eigenvalue weighted by atomic mass is 32.1. The fourth-order valence-corrected chi connectivity index (χ4v) is 1.91. The van der Waals surface area contributed by atoms with Gasteiger partial charge in [0.2, 0.25) is 0 Å². The molecular weight excluding hydrogens is 262 g/mol. The molecule has 1 fully saturated rings. The zero-order valence-electron chi connectivity index (χ0n) is 10.6. The molecule has 0 unspecified atom stereocenters. The van der Waals surface area contributed by atoms with E-state index in [0.717, 1.165) is 11.3 Å². The minimum absolute atomic E-state index is 0.196. The summed E-state index contributed by atoms with van der Waals surface area (Å²) in [5.41, 5.74) is 7.29. The van der Waals surface area contributed by atoms with E-state index in [-0.39, 0.29) is 5.11 Å². The minimum atomic E-state index is -0.455. The number of thiocarbonyl (C=S) groups is 1. The van der Waals surface area contributed by atoms with Crippen molar-refractivity contribution >= 4 is 35.2 Å². The molecule has 100 valence electrons. The van der Waals surface area contributed by atoms with Crippen LogP contribution >= 0.6 is 12.2 Å². The van der Waals surface area contributed by atoms with Crippen molar-refractivity contribution < 1.29 is 9.53 Å². The molecule has 0 saturated carbocycles. The van der Waals surface area contributed by atoms with Gasteiger partial charge in [0.25, 0.3) is 0 Å². The highest BCUT2D eigenvalue weighted by Crippen LogP contribution is 2.23. The van der Waals surface area contributed by atoms with Gasteiger partial charge in [-0.2, -0.15) is 0 Å². The first-order valence-corrected chi connectivity index (χ1v) is 6.16. The van der Waals surface area contributed by atoms with Crippen molar-refractivity contribution in [2.45, 2.75) is 6.23 Å². The van der Waals surface area contributed by atoms with Crippen LogP contribution in [0.5, 0.6) is 0 Å². The molecule has 1 aliphatic heterocycles. The first-order valence-electron chi connectivity index (χ1n) is 5.76. The van der Waals surface area contributed by atoms with E-state index in [1.54, 1.807) is 22.9 Å². The second-order valence-corrected chi connectivity index (χ2v) is 4.61. The number of rotatable bonds is 3. The second kappa shape index (κ2) is 5.27. The molecule has 5 nitrogen and oxygen atoms in total. The number of cyclic esters (lactones) is 1. The normalized spacial score (nSPS) is 18.1. The zero-order chi connectivity index (χ0) is 14.0. The van der Waals surface area contributed by atoms with E-state index in [2.05, 4.69) is 6.58 Å². The number of benzene rings is 1. The predicted octanol–water partition coefficient (Wildman–Crippen LogP) is 1.79. The van der Waals surface area contributed by atoms with Crippen LogP contribution in [0.2, 0.25) is 0 Å². The Hall–Kier alpha value is -2.08. The summed E-state index contributed by atoms with van der Waals surface area (Å²) in [4.78, 5) is 14.9. The van der Waals surface area contributed by atoms with Crippen LogP contribution in [0.25, 0.3) is 6.08 Å². The van der Waals surface area contributed by atoms with Gasteiger partial charge in [-0.15, -0.1) is 0 Å². The summed E-state index contributed by atoms with van der Waals surface area (Å²) in [5.74, 6) is 0. The van der Waals surface area contributed by atoms with Crippen LogP contribution in [0.3, 0.4) is 0 Å². The third-order valence-corrected chi connectivity index (χ3v) is 3.30. The molecule has 2 rings (SSSR count). The number of nitrogens with two attached hydrogens (primary N) is 1. The maximum atomic E-state index is 11.8. The largest absolute Gasteiger partial charge is 0.423 e. The molecule has 1 aromatic carbocycles. The Morgan fingerprint density at radius 2 is 2.21 bits per heavy atom. The Balaban J connectivity index is 2.15. The van der Waals surface area contributed by atoms with E-state index in [1.807, 2.05) is 24.3 Å². The summed E-state index contributed by atoms with van der Waals surface area (Å²) in [7, 11) is 1.70. The fourth-order valence-electron chi connectivity index (χ4n) is 1.79. The maximum absolute atomic E-state index is 11.8. The van der Waals surface area contributed by atoms with Gasteiger partial charge >= 0.3 is 6.09 Å². The van der Waals surface area contributed by atoms with Gasteiger partial charge in [-0.25, -0.2) is 4.79 Å². The van der Waals surface area contributed by atoms with Crippen LogP contribution in [-0.2, 0) is 4.74 Å². The van der Waals surface area contributed by atoms with Crippen molar-refractivity contribution in [3.8, 4) is 0 Å². The van der Waals surface area contributed by atoms with Gasteiger partial charge in [0.05, 0.1) is 6.54 Å². The van der Waals surface area contributed by atoms with E-state index in [9.17, 15) is 4.79 Å². The summed E-state index contributed by atoms with van der Waals surface area (Å²) in [6.07, 6.45) is 0.888. The van der Waals surface area contributed by atoms with E-state index < -0.39 is 12.3 Å². The number of anilines is 1. The summed E-state index contributed by atoms with van der Waals surface area (Å²) in [5, 5.41) is 0.196. The van der Waals surface area contributed by atoms with E-state index in [4.69, 9.17) is 22.7 Å². The Labute approximate surface area is 117 Å². The lowest BCUT2D eigenvalue weighted by Gasteiger charge is -2.22. The van der Waals surface area contributed by atoms with Gasteiger partial charge in [-0.05, 0) is 29.9 Å². The monoisotopic (exact) mass is 277 g/mol. The number of hydrogen-bond acceptors (Lipinski definition) is 3. The summed E-state index contributed by atoms with van der Waals surface area (Å²) >= 11 is 4.86. The first kappa shape index (κ1) is 13.4. The topological polar surface area (TPSA) is 58.8 Å². The molecule has 1 amide bonds. The third kappa shape index (κ3) is 2.68. The average molecular weight is 277 g/mol. The molecule has 0 bridgehead atoms. The lowest BCUT2D eigenvalue weighted by molar-refractivity contribution is 0.0790. The molecule has 19 heavy (non-hydrogen) atoms. The number of carbonyl (C=O) groups is 1. The highest BCUT2D eigenvalue weighted by molar-refractivity contribution is 7.80. The van der Waals surface area contributed by atoms with Crippen LogP contribution in [-0.4, -0.2) is 35.9 Å². The Morgan fingerprint density at radius 1 is 1.58 bits per heavy atom. The van der Waals surface area contributed by atoms with Crippen molar-refractivity contribution in [2.75, 3.05) is 18.5 Å². The molecular formula is C13H15N3O2S. The number of likely N-dealkylation sites (N-methyl/N-ethyl adjacent to an activating group) is 1. The van der Waals surface area contributed by atoms with E-state index >= 15 is 0 Å². The van der Waals surface area contributed by atoms with Crippen LogP contribution in [0, 0.1) is 0 Å². The molecule has 1 heterocycles. The van der Waals surface area contributed by atoms with Gasteiger partial charge < -0.3 is 15.4 Å². The summed E-state index contributed by atoms with van der Waals surface area (Å²) in [6.45, 7) is 4.08. The Morgan fingerprint density at radius 3 is 2.74 bits per heavy atom. The minimum Gasteiger partial charge on any atom is -0.423 e. The molecule has 1 saturated heterocycles. The summed E-state index contributed by atoms with van der Waals surface area (Å²) in [6, 6.07) is 7.48. The number of carbonyl (C=O) groups excluding carboxylic acids is 1. The molecule has 0 aliphatic carbocycles. The molecule has 0 aromatic heterocycles. The molecule has 1 atom stereocenters. The first-order chi connectivity index (χ1) is 9.02. The van der Waals surface area contributed by atoms with Crippen LogP contribution in [0.1, 0.15) is 5.56 Å². The molecule has 1 aliphatic rings. The van der Waals surface area contributed by atoms with E-state index in [0.29, 0.717) is 6.54 Å². The molecule has 0 radical (unpaired) electrons. The molecule has 0 spiro atoms. The van der Waals surface area contributed by atoms with Gasteiger partial charge in [0, 0.05) is 12.7 Å². The number of hydrogen-bond donors (Lipinski definition) is 1. The van der Waals surface area contributed by atoms with Crippen molar-refractivity contribution in [1.82, 2.24) is 4.90 Å². The van der Waals surface area contributed by atoms with Crippen molar-refractivity contribution in [3.63, 3.8) is 0 Å². The number of ether oxygens (including phenoxy) is 1. The fraction of sp³-hybridized carbons (Fsp3) is 0.231. The average Bonchev–Trinajstić information content (AvgIpc) is 2.80. The quantitative estimate of drug-likeness (QED) is 0.854. The highest BCUT2D eigenvalue weighted by Gasteiger charge is 2.35. The SMILES string of the molecule is C=Cc1ccc(N2C[C@@H](N(C)C(N)=S)OC2=O)cc1. The van der Waals surface area contributed by atoms with Crippen molar-refractivity contribution in [3.05, 3.63) is 36.4 Å². The number of amides is 1. The van der Waals surface area contributed by atoms with Crippen LogP contribution in [0.15, 0.2) is 30.8 Å². The molecule has 2 N–H and O–H groups in total.